The molecule has 0 aliphatic carbocycles. The van der Waals surface area contributed by atoms with Crippen molar-refractivity contribution in [2.24, 2.45) is 0 Å². The van der Waals surface area contributed by atoms with E-state index in [1.54, 1.807) is 6.08 Å². The molecule has 0 saturated carbocycles. The molecule has 0 radical (unpaired) electrons. The third-order valence-electron chi connectivity index (χ3n) is 8.10. The lowest BCUT2D eigenvalue weighted by Gasteiger charge is -2.02. The van der Waals surface area contributed by atoms with Gasteiger partial charge in [0.05, 0.1) is 0 Å². The Bertz CT molecular complexity index is 1070. The summed E-state index contributed by atoms with van der Waals surface area (Å²) < 4.78 is 0. The van der Waals surface area contributed by atoms with Crippen molar-refractivity contribution in [1.29, 1.82) is 0 Å². The van der Waals surface area contributed by atoms with Gasteiger partial charge in [-0.05, 0) is 102 Å². The Balaban J connectivity index is 3.47. The second-order valence-corrected chi connectivity index (χ2v) is 12.6. The third-order valence-corrected chi connectivity index (χ3v) is 8.10. The van der Waals surface area contributed by atoms with Gasteiger partial charge in [0, 0.05) is 6.42 Å². The zero-order chi connectivity index (χ0) is 34.9. The van der Waals surface area contributed by atoms with E-state index in [4.69, 9.17) is 12.8 Å². The molecule has 48 heavy (non-hydrogen) atoms. The van der Waals surface area contributed by atoms with Crippen LogP contribution in [0, 0.1) is 48.4 Å². The Kier molecular flexibility index (Phi) is 37.4. The Morgan fingerprint density at radius 2 is 0.854 bits per heavy atom. The van der Waals surface area contributed by atoms with Crippen molar-refractivity contribution in [3.05, 3.63) is 60.8 Å². The van der Waals surface area contributed by atoms with Crippen LogP contribution in [0.1, 0.15) is 167 Å². The summed E-state index contributed by atoms with van der Waals surface area (Å²) in [6, 6.07) is 0. The van der Waals surface area contributed by atoms with E-state index in [9.17, 15) is 10.2 Å². The van der Waals surface area contributed by atoms with Crippen LogP contribution in [0.25, 0.3) is 0 Å². The minimum atomic E-state index is -0.883. The van der Waals surface area contributed by atoms with E-state index in [2.05, 4.69) is 72.0 Å². The highest BCUT2D eigenvalue weighted by molar-refractivity contribution is 5.24. The quantitative estimate of drug-likeness (QED) is 0.0460. The molecule has 0 spiro atoms. The van der Waals surface area contributed by atoms with Crippen LogP contribution in [-0.4, -0.2) is 22.4 Å². The summed E-state index contributed by atoms with van der Waals surface area (Å²) in [6.45, 7) is 0. The predicted octanol–water partition coefficient (Wildman–Crippen LogP) is 11.9. The van der Waals surface area contributed by atoms with Gasteiger partial charge in [0.25, 0.3) is 0 Å². The molecule has 2 atom stereocenters. The molecule has 0 aliphatic heterocycles. The topological polar surface area (TPSA) is 40.5 Å². The number of rotatable bonds is 30. The SMILES string of the molecule is C#C/C=C\CCCCCCCCCCCCCC/C=C/CCCC/C=C/CC/C=C/C#C[C@@H](O)C#CCCCCCC/C=C/[C@H](O)C#C. The first-order valence-corrected chi connectivity index (χ1v) is 19.2. The van der Waals surface area contributed by atoms with Gasteiger partial charge < -0.3 is 10.2 Å². The highest BCUT2D eigenvalue weighted by Gasteiger charge is 1.94. The number of terminal acetylenes is 2. The largest absolute Gasteiger partial charge is 0.377 e. The summed E-state index contributed by atoms with van der Waals surface area (Å²) in [4.78, 5) is 0. The average Bonchev–Trinajstić information content (AvgIpc) is 3.09. The van der Waals surface area contributed by atoms with Gasteiger partial charge in [-0.25, -0.2) is 0 Å². The summed E-state index contributed by atoms with van der Waals surface area (Å²) in [5.74, 6) is 16.3. The second-order valence-electron chi connectivity index (χ2n) is 12.6. The smallest absolute Gasteiger partial charge is 0.176 e. The summed E-state index contributed by atoms with van der Waals surface area (Å²) in [7, 11) is 0. The fraction of sp³-hybridized carbons (Fsp3) is 0.609. The molecular formula is C46H68O2. The van der Waals surface area contributed by atoms with E-state index in [0.29, 0.717) is 0 Å². The molecule has 0 bridgehead atoms. The van der Waals surface area contributed by atoms with E-state index < -0.39 is 12.2 Å². The molecule has 0 unspecified atom stereocenters. The zero-order valence-corrected chi connectivity index (χ0v) is 30.4. The Morgan fingerprint density at radius 1 is 0.438 bits per heavy atom. The van der Waals surface area contributed by atoms with Crippen molar-refractivity contribution in [3.8, 4) is 48.4 Å². The first-order valence-electron chi connectivity index (χ1n) is 19.2. The molecule has 2 heteroatoms. The van der Waals surface area contributed by atoms with Gasteiger partial charge in [0.1, 0.15) is 6.10 Å². The highest BCUT2D eigenvalue weighted by Crippen LogP contribution is 2.13. The third kappa shape index (κ3) is 39.0. The number of aliphatic hydroxyl groups is 2. The fourth-order valence-corrected chi connectivity index (χ4v) is 5.22. The average molecular weight is 653 g/mol. The van der Waals surface area contributed by atoms with Crippen molar-refractivity contribution in [2.75, 3.05) is 0 Å². The number of hydrogen-bond acceptors (Lipinski definition) is 2. The standard InChI is InChI=1S/C46H68O2/c1-3-5-6-7-8-9-10-11-12-13-14-15-16-17-18-19-20-21-22-23-24-25-26-27-28-29-30-34-37-40-43-46(48)44-41-38-35-32-31-33-36-39-42-45(47)4-2/h1-2,5-6,21-22,27-28,34,37,39,42,45-48H,7-20,23-26,29-33,35-36,38H2/b6-5-,22-21+,28-27+,37-34+,42-39+/t45-,46-/m1/s1. The predicted molar refractivity (Wildman–Crippen MR) is 211 cm³/mol. The van der Waals surface area contributed by atoms with E-state index in [1.807, 2.05) is 18.2 Å². The van der Waals surface area contributed by atoms with Crippen LogP contribution >= 0.6 is 0 Å². The van der Waals surface area contributed by atoms with E-state index in [-0.39, 0.29) is 0 Å². The van der Waals surface area contributed by atoms with Crippen LogP contribution < -0.4 is 0 Å². The molecule has 0 aromatic heterocycles. The molecule has 2 nitrogen and oxygen atoms in total. The van der Waals surface area contributed by atoms with Crippen LogP contribution in [0.2, 0.25) is 0 Å². The van der Waals surface area contributed by atoms with Gasteiger partial charge in [-0.2, -0.15) is 0 Å². The molecule has 0 heterocycles. The summed E-state index contributed by atoms with van der Waals surface area (Å²) in [5.41, 5.74) is 0. The van der Waals surface area contributed by atoms with E-state index in [1.165, 1.54) is 103 Å². The lowest BCUT2D eigenvalue weighted by molar-refractivity contribution is 0.280. The van der Waals surface area contributed by atoms with Crippen LogP contribution in [0.15, 0.2) is 60.8 Å². The van der Waals surface area contributed by atoms with Crippen molar-refractivity contribution < 1.29 is 10.2 Å². The van der Waals surface area contributed by atoms with Crippen molar-refractivity contribution in [1.82, 2.24) is 0 Å². The maximum Gasteiger partial charge on any atom is 0.176 e. The number of unbranched alkanes of at least 4 members (excludes halogenated alkanes) is 22. The van der Waals surface area contributed by atoms with Crippen molar-refractivity contribution >= 4 is 0 Å². The molecular weight excluding hydrogens is 585 g/mol. The molecule has 0 fully saturated rings. The zero-order valence-electron chi connectivity index (χ0n) is 30.4. The van der Waals surface area contributed by atoms with Gasteiger partial charge in [-0.1, -0.05) is 155 Å². The number of aliphatic hydroxyl groups excluding tert-OH is 2. The summed E-state index contributed by atoms with van der Waals surface area (Å²) in [5, 5.41) is 19.1. The summed E-state index contributed by atoms with van der Waals surface area (Å²) >= 11 is 0. The molecule has 0 amide bonds. The molecule has 0 aliphatic rings. The van der Waals surface area contributed by atoms with Gasteiger partial charge >= 0.3 is 0 Å². The normalized spacial score (nSPS) is 12.8. The molecule has 0 rings (SSSR count). The Hall–Kier alpha value is -3.14. The molecule has 2 N–H and O–H groups in total. The minimum absolute atomic E-state index is 0.772. The lowest BCUT2D eigenvalue weighted by Crippen LogP contribution is -1.97. The first-order chi connectivity index (χ1) is 23.7. The Morgan fingerprint density at radius 3 is 1.40 bits per heavy atom. The molecule has 0 aromatic rings. The van der Waals surface area contributed by atoms with E-state index >= 15 is 0 Å². The highest BCUT2D eigenvalue weighted by atomic mass is 16.3. The first kappa shape index (κ1) is 44.9. The monoisotopic (exact) mass is 653 g/mol. The van der Waals surface area contributed by atoms with Crippen LogP contribution in [0.5, 0.6) is 0 Å². The van der Waals surface area contributed by atoms with Crippen LogP contribution in [0.3, 0.4) is 0 Å². The van der Waals surface area contributed by atoms with Crippen molar-refractivity contribution in [2.45, 2.75) is 179 Å². The molecule has 0 aromatic carbocycles. The molecule has 264 valence electrons. The Labute approximate surface area is 297 Å². The van der Waals surface area contributed by atoms with Gasteiger partial charge in [0.15, 0.2) is 6.10 Å². The maximum atomic E-state index is 9.88. The van der Waals surface area contributed by atoms with E-state index in [0.717, 1.165) is 64.2 Å². The number of hydrogen-bond donors (Lipinski definition) is 2. The van der Waals surface area contributed by atoms with Crippen LogP contribution in [-0.2, 0) is 0 Å². The lowest BCUT2D eigenvalue weighted by atomic mass is 10.0. The van der Waals surface area contributed by atoms with Gasteiger partial charge in [0.2, 0.25) is 0 Å². The summed E-state index contributed by atoms with van der Waals surface area (Å²) in [6.07, 6.45) is 61.2. The second kappa shape index (κ2) is 40.0. The number of allylic oxidation sites excluding steroid dienone is 9. The fourth-order valence-electron chi connectivity index (χ4n) is 5.22. The van der Waals surface area contributed by atoms with Crippen molar-refractivity contribution in [3.63, 3.8) is 0 Å². The maximum absolute atomic E-state index is 9.88. The van der Waals surface area contributed by atoms with Gasteiger partial charge in [-0.15, -0.1) is 12.8 Å². The molecule has 0 saturated heterocycles. The minimum Gasteiger partial charge on any atom is -0.377 e. The van der Waals surface area contributed by atoms with Gasteiger partial charge in [-0.3, -0.25) is 0 Å². The van der Waals surface area contributed by atoms with Crippen LogP contribution in [0.4, 0.5) is 0 Å².